The predicted octanol–water partition coefficient (Wildman–Crippen LogP) is 3.39. The number of hydrogen-bond acceptors (Lipinski definition) is 5. The summed E-state index contributed by atoms with van der Waals surface area (Å²) in [5.41, 5.74) is -0.0147. The molecular formula is C16H19FN2O4. The highest BCUT2D eigenvalue weighted by Gasteiger charge is 2.32. The molecule has 0 bridgehead atoms. The fraction of sp³-hybridized carbons (Fsp3) is 0.438. The summed E-state index contributed by atoms with van der Waals surface area (Å²) in [7, 11) is 0. The second-order valence-electron chi connectivity index (χ2n) is 5.89. The molecule has 7 heteroatoms. The first-order valence-corrected chi connectivity index (χ1v) is 7.26. The lowest BCUT2D eigenvalue weighted by molar-refractivity contribution is -0.149. The van der Waals surface area contributed by atoms with E-state index in [4.69, 9.17) is 4.74 Å². The van der Waals surface area contributed by atoms with E-state index in [1.807, 2.05) is 0 Å². The minimum absolute atomic E-state index is 0.0337. The molecule has 1 atom stereocenters. The highest BCUT2D eigenvalue weighted by Crippen LogP contribution is 2.25. The highest BCUT2D eigenvalue weighted by atomic mass is 19.1. The zero-order chi connectivity index (χ0) is 17.2. The van der Waals surface area contributed by atoms with Crippen molar-refractivity contribution in [2.75, 3.05) is 6.61 Å². The molecule has 6 nitrogen and oxygen atoms in total. The average Bonchev–Trinajstić information content (AvgIpc) is 2.84. The molecule has 1 aromatic heterocycles. The average molecular weight is 322 g/mol. The Balaban J connectivity index is 2.53. The maximum absolute atomic E-state index is 14.4. The van der Waals surface area contributed by atoms with Gasteiger partial charge in [0.05, 0.1) is 17.6 Å². The molecule has 0 radical (unpaired) electrons. The standard InChI is InChI=1S/C16H19FN2O4/c1-5-22-14(20)12(17)13-18-10-8-6-7-9-11(10)19(13)15(21)23-16(2,3)4/h6-9,12H,5H2,1-4H3. The molecule has 0 saturated heterocycles. The van der Waals surface area contributed by atoms with Gasteiger partial charge in [0.2, 0.25) is 0 Å². The Morgan fingerprint density at radius 1 is 1.30 bits per heavy atom. The van der Waals surface area contributed by atoms with E-state index in [-0.39, 0.29) is 12.4 Å². The predicted molar refractivity (Wildman–Crippen MR) is 81.8 cm³/mol. The molecule has 0 aliphatic carbocycles. The third-order valence-corrected chi connectivity index (χ3v) is 2.88. The largest absolute Gasteiger partial charge is 0.463 e. The number of nitrogens with zero attached hydrogens (tertiary/aromatic N) is 2. The Kier molecular flexibility index (Phi) is 4.68. The number of alkyl halides is 1. The number of hydrogen-bond donors (Lipinski definition) is 0. The number of rotatable bonds is 3. The fourth-order valence-corrected chi connectivity index (χ4v) is 2.03. The van der Waals surface area contributed by atoms with Crippen LogP contribution < -0.4 is 0 Å². The third kappa shape index (κ3) is 3.67. The minimum atomic E-state index is -2.17. The lowest BCUT2D eigenvalue weighted by atomic mass is 10.2. The van der Waals surface area contributed by atoms with Crippen LogP contribution in [0, 0.1) is 0 Å². The smallest absolute Gasteiger partial charge is 0.420 e. The molecule has 1 aromatic carbocycles. The van der Waals surface area contributed by atoms with E-state index >= 15 is 0 Å². The number of fused-ring (bicyclic) bond motifs is 1. The summed E-state index contributed by atoms with van der Waals surface area (Å²) in [5, 5.41) is 0. The number of benzene rings is 1. The fourth-order valence-electron chi connectivity index (χ4n) is 2.03. The van der Waals surface area contributed by atoms with Gasteiger partial charge in [0.15, 0.2) is 5.82 Å². The number of carbonyl (C=O) groups is 2. The maximum Gasteiger partial charge on any atom is 0.420 e. The van der Waals surface area contributed by atoms with Crippen molar-refractivity contribution < 1.29 is 23.5 Å². The Morgan fingerprint density at radius 2 is 1.96 bits per heavy atom. The molecule has 0 N–H and O–H groups in total. The molecule has 2 rings (SSSR count). The SMILES string of the molecule is CCOC(=O)C(F)c1nc2ccccc2n1C(=O)OC(C)(C)C. The van der Waals surface area contributed by atoms with Crippen LogP contribution in [-0.4, -0.2) is 33.8 Å². The van der Waals surface area contributed by atoms with E-state index in [9.17, 15) is 14.0 Å². The van der Waals surface area contributed by atoms with E-state index in [1.54, 1.807) is 52.0 Å². The van der Waals surface area contributed by atoms with E-state index < -0.39 is 23.8 Å². The van der Waals surface area contributed by atoms with Gasteiger partial charge in [-0.05, 0) is 39.8 Å². The summed E-state index contributed by atoms with van der Waals surface area (Å²) in [6, 6.07) is 6.62. The number of carbonyl (C=O) groups excluding carboxylic acids is 2. The first kappa shape index (κ1) is 16.9. The summed E-state index contributed by atoms with van der Waals surface area (Å²) in [4.78, 5) is 28.2. The molecule has 0 aliphatic rings. The van der Waals surface area contributed by atoms with Gasteiger partial charge in [0.25, 0.3) is 6.17 Å². The molecular weight excluding hydrogens is 303 g/mol. The molecule has 0 aliphatic heterocycles. The molecule has 2 aromatic rings. The number of halogens is 1. The van der Waals surface area contributed by atoms with Crippen molar-refractivity contribution >= 4 is 23.1 Å². The lowest BCUT2D eigenvalue weighted by Crippen LogP contribution is -2.29. The van der Waals surface area contributed by atoms with Gasteiger partial charge in [0.1, 0.15) is 5.60 Å². The van der Waals surface area contributed by atoms with Crippen molar-refractivity contribution in [1.29, 1.82) is 0 Å². The topological polar surface area (TPSA) is 70.4 Å². The van der Waals surface area contributed by atoms with Crippen LogP contribution in [0.5, 0.6) is 0 Å². The lowest BCUT2D eigenvalue weighted by Gasteiger charge is -2.20. The van der Waals surface area contributed by atoms with Gasteiger partial charge in [-0.2, -0.15) is 0 Å². The normalized spacial score (nSPS) is 12.9. The van der Waals surface area contributed by atoms with Crippen LogP contribution in [0.15, 0.2) is 24.3 Å². The Bertz CT molecular complexity index is 733. The summed E-state index contributed by atoms with van der Waals surface area (Å²) in [6.07, 6.45) is -2.97. The van der Waals surface area contributed by atoms with Gasteiger partial charge in [-0.15, -0.1) is 0 Å². The van der Waals surface area contributed by atoms with Gasteiger partial charge >= 0.3 is 12.1 Å². The Morgan fingerprint density at radius 3 is 2.57 bits per heavy atom. The van der Waals surface area contributed by atoms with Crippen molar-refractivity contribution in [3.05, 3.63) is 30.1 Å². The van der Waals surface area contributed by atoms with Crippen molar-refractivity contribution in [2.45, 2.75) is 39.5 Å². The molecule has 23 heavy (non-hydrogen) atoms. The summed E-state index contributed by atoms with van der Waals surface area (Å²) >= 11 is 0. The van der Waals surface area contributed by atoms with Crippen LogP contribution >= 0.6 is 0 Å². The number of esters is 1. The third-order valence-electron chi connectivity index (χ3n) is 2.88. The summed E-state index contributed by atoms with van der Waals surface area (Å²) in [5.74, 6) is -1.44. The van der Waals surface area contributed by atoms with Gasteiger partial charge < -0.3 is 9.47 Å². The van der Waals surface area contributed by atoms with Crippen molar-refractivity contribution in [3.63, 3.8) is 0 Å². The monoisotopic (exact) mass is 322 g/mol. The van der Waals surface area contributed by atoms with E-state index in [0.717, 1.165) is 4.57 Å². The first-order valence-electron chi connectivity index (χ1n) is 7.26. The Hall–Kier alpha value is -2.44. The second kappa shape index (κ2) is 6.36. The molecule has 124 valence electrons. The number of para-hydroxylation sites is 2. The minimum Gasteiger partial charge on any atom is -0.463 e. The Labute approximate surface area is 133 Å². The molecule has 1 heterocycles. The molecule has 1 unspecified atom stereocenters. The van der Waals surface area contributed by atoms with Crippen LogP contribution in [0.1, 0.15) is 39.7 Å². The number of aromatic nitrogens is 2. The van der Waals surface area contributed by atoms with E-state index in [0.29, 0.717) is 11.0 Å². The van der Waals surface area contributed by atoms with Crippen LogP contribution in [-0.2, 0) is 14.3 Å². The molecule has 0 spiro atoms. The van der Waals surface area contributed by atoms with E-state index in [2.05, 4.69) is 9.72 Å². The number of ether oxygens (including phenoxy) is 2. The summed E-state index contributed by atoms with van der Waals surface area (Å²) < 4.78 is 25.4. The number of imidazole rings is 1. The van der Waals surface area contributed by atoms with Crippen LogP contribution in [0.25, 0.3) is 11.0 Å². The molecule has 0 amide bonds. The van der Waals surface area contributed by atoms with E-state index in [1.165, 1.54) is 0 Å². The zero-order valence-electron chi connectivity index (χ0n) is 13.5. The van der Waals surface area contributed by atoms with Crippen molar-refractivity contribution in [2.24, 2.45) is 0 Å². The molecule has 0 fully saturated rings. The quantitative estimate of drug-likeness (QED) is 0.810. The van der Waals surface area contributed by atoms with Gasteiger partial charge in [-0.1, -0.05) is 12.1 Å². The second-order valence-corrected chi connectivity index (χ2v) is 5.89. The highest BCUT2D eigenvalue weighted by molar-refractivity contribution is 5.89. The zero-order valence-corrected chi connectivity index (χ0v) is 13.5. The molecule has 0 saturated carbocycles. The van der Waals surface area contributed by atoms with Crippen LogP contribution in [0.4, 0.5) is 9.18 Å². The maximum atomic E-state index is 14.4. The van der Waals surface area contributed by atoms with Crippen molar-refractivity contribution in [1.82, 2.24) is 9.55 Å². The van der Waals surface area contributed by atoms with Crippen molar-refractivity contribution in [3.8, 4) is 0 Å². The van der Waals surface area contributed by atoms with Gasteiger partial charge in [-0.3, -0.25) is 0 Å². The first-order chi connectivity index (χ1) is 10.7. The summed E-state index contributed by atoms with van der Waals surface area (Å²) in [6.45, 7) is 6.69. The van der Waals surface area contributed by atoms with Gasteiger partial charge in [0, 0.05) is 0 Å². The van der Waals surface area contributed by atoms with Gasteiger partial charge in [-0.25, -0.2) is 23.5 Å². The van der Waals surface area contributed by atoms with Crippen LogP contribution in [0.2, 0.25) is 0 Å². The van der Waals surface area contributed by atoms with Crippen LogP contribution in [0.3, 0.4) is 0 Å².